The third kappa shape index (κ3) is 2.82. The zero-order valence-electron chi connectivity index (χ0n) is 11.2. The Kier molecular flexibility index (Phi) is 4.40. The van der Waals surface area contributed by atoms with Gasteiger partial charge in [-0.3, -0.25) is 0 Å². The Morgan fingerprint density at radius 3 is 2.75 bits per heavy atom. The van der Waals surface area contributed by atoms with Crippen molar-refractivity contribution in [2.24, 2.45) is 5.84 Å². The van der Waals surface area contributed by atoms with Gasteiger partial charge in [-0.1, -0.05) is 23.9 Å². The SMILES string of the molecule is CSc1nc(NN)cc(N(C)c2ccccc2C#N)n1. The summed E-state index contributed by atoms with van der Waals surface area (Å²) in [5, 5.41) is 9.78. The largest absolute Gasteiger partial charge is 0.328 e. The van der Waals surface area contributed by atoms with Crippen molar-refractivity contribution in [2.75, 3.05) is 23.6 Å². The van der Waals surface area contributed by atoms with Crippen LogP contribution in [0.4, 0.5) is 17.3 Å². The second-order valence-corrected chi connectivity index (χ2v) is 4.70. The van der Waals surface area contributed by atoms with Crippen molar-refractivity contribution in [3.05, 3.63) is 35.9 Å². The van der Waals surface area contributed by atoms with E-state index in [1.54, 1.807) is 12.1 Å². The first-order chi connectivity index (χ1) is 9.69. The summed E-state index contributed by atoms with van der Waals surface area (Å²) in [6.07, 6.45) is 1.89. The molecule has 0 fully saturated rings. The van der Waals surface area contributed by atoms with Crippen LogP contribution in [0.15, 0.2) is 35.5 Å². The Bertz CT molecular complexity index is 629. The molecule has 7 heteroatoms. The first-order valence-electron chi connectivity index (χ1n) is 5.82. The molecule has 0 spiro atoms. The Balaban J connectivity index is 2.47. The van der Waals surface area contributed by atoms with Gasteiger partial charge >= 0.3 is 0 Å². The number of nitriles is 1. The average molecular weight is 286 g/mol. The van der Waals surface area contributed by atoms with Crippen molar-refractivity contribution >= 4 is 29.1 Å². The van der Waals surface area contributed by atoms with Gasteiger partial charge in [-0.15, -0.1) is 0 Å². The fourth-order valence-electron chi connectivity index (χ4n) is 1.73. The van der Waals surface area contributed by atoms with E-state index in [1.165, 1.54) is 11.8 Å². The quantitative estimate of drug-likeness (QED) is 0.385. The van der Waals surface area contributed by atoms with Crippen LogP contribution < -0.4 is 16.2 Å². The highest BCUT2D eigenvalue weighted by Gasteiger charge is 2.12. The topological polar surface area (TPSA) is 90.9 Å². The van der Waals surface area contributed by atoms with Gasteiger partial charge < -0.3 is 10.3 Å². The van der Waals surface area contributed by atoms with Crippen molar-refractivity contribution in [3.63, 3.8) is 0 Å². The number of nitrogens with zero attached hydrogens (tertiary/aromatic N) is 4. The molecule has 0 aliphatic heterocycles. The molecule has 0 unspecified atom stereocenters. The van der Waals surface area contributed by atoms with Gasteiger partial charge in [0.1, 0.15) is 17.7 Å². The summed E-state index contributed by atoms with van der Waals surface area (Å²) in [6, 6.07) is 11.3. The molecule has 0 aliphatic carbocycles. The predicted molar refractivity (Wildman–Crippen MR) is 80.8 cm³/mol. The molecule has 0 bridgehead atoms. The number of anilines is 3. The number of para-hydroxylation sites is 1. The fraction of sp³-hybridized carbons (Fsp3) is 0.154. The number of hydrogen-bond acceptors (Lipinski definition) is 7. The van der Waals surface area contributed by atoms with Gasteiger partial charge in [0.2, 0.25) is 0 Å². The van der Waals surface area contributed by atoms with Crippen LogP contribution in [0.3, 0.4) is 0 Å². The molecule has 0 radical (unpaired) electrons. The highest BCUT2D eigenvalue weighted by atomic mass is 32.2. The summed E-state index contributed by atoms with van der Waals surface area (Å²) in [4.78, 5) is 10.5. The molecular weight excluding hydrogens is 272 g/mol. The van der Waals surface area contributed by atoms with Crippen LogP contribution in [0.2, 0.25) is 0 Å². The summed E-state index contributed by atoms with van der Waals surface area (Å²) in [5.41, 5.74) is 3.89. The van der Waals surface area contributed by atoms with E-state index >= 15 is 0 Å². The molecular formula is C13H14N6S. The lowest BCUT2D eigenvalue weighted by Crippen LogP contribution is -2.16. The molecule has 1 aromatic carbocycles. The molecule has 0 amide bonds. The van der Waals surface area contributed by atoms with Gasteiger partial charge in [0.05, 0.1) is 11.3 Å². The number of hydrogen-bond donors (Lipinski definition) is 2. The molecule has 1 heterocycles. The Morgan fingerprint density at radius 2 is 2.10 bits per heavy atom. The predicted octanol–water partition coefficient (Wildman–Crippen LogP) is 2.12. The van der Waals surface area contributed by atoms with Gasteiger partial charge in [-0.25, -0.2) is 15.8 Å². The zero-order valence-corrected chi connectivity index (χ0v) is 12.0. The average Bonchev–Trinajstić information content (AvgIpc) is 2.53. The number of nitrogens with one attached hydrogen (secondary N) is 1. The monoisotopic (exact) mass is 286 g/mol. The summed E-state index contributed by atoms with van der Waals surface area (Å²) in [6.45, 7) is 0. The molecule has 20 heavy (non-hydrogen) atoms. The summed E-state index contributed by atoms with van der Waals surface area (Å²) in [7, 11) is 1.85. The van der Waals surface area contributed by atoms with E-state index in [4.69, 9.17) is 11.1 Å². The van der Waals surface area contributed by atoms with Crippen LogP contribution >= 0.6 is 11.8 Å². The Labute approximate surface area is 121 Å². The molecule has 2 rings (SSSR count). The number of aromatic nitrogens is 2. The van der Waals surface area contributed by atoms with E-state index in [-0.39, 0.29) is 0 Å². The number of thioether (sulfide) groups is 1. The van der Waals surface area contributed by atoms with E-state index in [9.17, 15) is 0 Å². The van der Waals surface area contributed by atoms with E-state index in [0.717, 1.165) is 5.69 Å². The number of nitrogens with two attached hydrogens (primary N) is 1. The third-order valence-electron chi connectivity index (χ3n) is 2.75. The third-order valence-corrected chi connectivity index (χ3v) is 3.30. The first kappa shape index (κ1) is 14.1. The van der Waals surface area contributed by atoms with Crippen LogP contribution in [0.1, 0.15) is 5.56 Å². The van der Waals surface area contributed by atoms with Gasteiger partial charge in [-0.2, -0.15) is 5.26 Å². The van der Waals surface area contributed by atoms with Crippen LogP contribution in [0.25, 0.3) is 0 Å². The van der Waals surface area contributed by atoms with Crippen molar-refractivity contribution in [3.8, 4) is 6.07 Å². The Morgan fingerprint density at radius 1 is 1.35 bits per heavy atom. The number of rotatable bonds is 4. The van der Waals surface area contributed by atoms with E-state index < -0.39 is 0 Å². The minimum Gasteiger partial charge on any atom is -0.328 e. The van der Waals surface area contributed by atoms with Gasteiger partial charge in [0.25, 0.3) is 0 Å². The molecule has 0 saturated carbocycles. The Hall–Kier alpha value is -2.30. The van der Waals surface area contributed by atoms with E-state index in [2.05, 4.69) is 21.5 Å². The number of benzene rings is 1. The van der Waals surface area contributed by atoms with Gasteiger partial charge in [0.15, 0.2) is 5.16 Å². The minimum atomic E-state index is 0.528. The maximum absolute atomic E-state index is 9.17. The fourth-order valence-corrected chi connectivity index (χ4v) is 2.11. The van der Waals surface area contributed by atoms with Crippen molar-refractivity contribution in [2.45, 2.75) is 5.16 Å². The van der Waals surface area contributed by atoms with Crippen LogP contribution in [0, 0.1) is 11.3 Å². The lowest BCUT2D eigenvalue weighted by Gasteiger charge is -2.20. The van der Waals surface area contributed by atoms with Crippen LogP contribution in [-0.2, 0) is 0 Å². The molecule has 6 nitrogen and oxygen atoms in total. The summed E-state index contributed by atoms with van der Waals surface area (Å²) in [5.74, 6) is 6.61. The molecule has 0 saturated heterocycles. The minimum absolute atomic E-state index is 0.528. The van der Waals surface area contributed by atoms with Gasteiger partial charge in [0, 0.05) is 13.1 Å². The molecule has 0 atom stereocenters. The smallest absolute Gasteiger partial charge is 0.191 e. The normalized spacial score (nSPS) is 9.90. The van der Waals surface area contributed by atoms with Crippen molar-refractivity contribution in [1.82, 2.24) is 9.97 Å². The maximum Gasteiger partial charge on any atom is 0.191 e. The summed E-state index contributed by atoms with van der Waals surface area (Å²) >= 11 is 1.43. The number of hydrazine groups is 1. The van der Waals surface area contributed by atoms with Crippen molar-refractivity contribution < 1.29 is 0 Å². The number of nitrogen functional groups attached to an aromatic ring is 1. The lowest BCUT2D eigenvalue weighted by molar-refractivity contribution is 0.942. The van der Waals surface area contributed by atoms with E-state index in [1.807, 2.05) is 36.4 Å². The molecule has 2 aromatic rings. The molecule has 1 aromatic heterocycles. The van der Waals surface area contributed by atoms with Crippen LogP contribution in [-0.4, -0.2) is 23.3 Å². The standard InChI is InChI=1S/C13H14N6S/c1-19(10-6-4-3-5-9(10)8-14)12-7-11(18-15)16-13(17-12)20-2/h3-7H,15H2,1-2H3,(H,16,17,18). The van der Waals surface area contributed by atoms with Crippen LogP contribution in [0.5, 0.6) is 0 Å². The zero-order chi connectivity index (χ0) is 14.5. The molecule has 102 valence electrons. The lowest BCUT2D eigenvalue weighted by atomic mass is 10.2. The highest BCUT2D eigenvalue weighted by Crippen LogP contribution is 2.27. The first-order valence-corrected chi connectivity index (χ1v) is 7.04. The summed E-state index contributed by atoms with van der Waals surface area (Å²) < 4.78 is 0. The maximum atomic E-state index is 9.17. The second-order valence-electron chi connectivity index (χ2n) is 3.93. The molecule has 0 aliphatic rings. The molecule has 3 N–H and O–H groups in total. The highest BCUT2D eigenvalue weighted by molar-refractivity contribution is 7.98. The van der Waals surface area contributed by atoms with Gasteiger partial charge in [-0.05, 0) is 18.4 Å². The second kappa shape index (κ2) is 6.23. The van der Waals surface area contributed by atoms with Crippen molar-refractivity contribution in [1.29, 1.82) is 5.26 Å². The van der Waals surface area contributed by atoms with E-state index in [0.29, 0.717) is 22.4 Å².